The summed E-state index contributed by atoms with van der Waals surface area (Å²) in [6.45, 7) is 0.301. The van der Waals surface area contributed by atoms with E-state index in [1.807, 2.05) is 0 Å². The van der Waals surface area contributed by atoms with Gasteiger partial charge in [0.25, 0.3) is 0 Å². The summed E-state index contributed by atoms with van der Waals surface area (Å²) < 4.78 is 0. The first-order valence-electron chi connectivity index (χ1n) is 5.49. The molecule has 5 N–H and O–H groups in total. The van der Waals surface area contributed by atoms with Gasteiger partial charge in [-0.3, -0.25) is 10.1 Å². The summed E-state index contributed by atoms with van der Waals surface area (Å²) in [6.07, 6.45) is 1.39. The number of nitrogens with one attached hydrogen (secondary N) is 1. The van der Waals surface area contributed by atoms with Gasteiger partial charge in [-0.15, -0.1) is 0 Å². The molecule has 0 aliphatic carbocycles. The number of aliphatic hydroxyl groups excluding tert-OH is 1. The lowest BCUT2D eigenvalue weighted by Gasteiger charge is -2.24. The molecule has 0 saturated carbocycles. The summed E-state index contributed by atoms with van der Waals surface area (Å²) in [6, 6.07) is 0. The van der Waals surface area contributed by atoms with Crippen molar-refractivity contribution in [3.8, 4) is 0 Å². The number of hydrogen-bond donors (Lipinski definition) is 5. The van der Waals surface area contributed by atoms with Crippen LogP contribution in [0.2, 0.25) is 6.32 Å². The van der Waals surface area contributed by atoms with Gasteiger partial charge in [0.15, 0.2) is 0 Å². The van der Waals surface area contributed by atoms with E-state index in [1.165, 1.54) is 0 Å². The lowest BCUT2D eigenvalue weighted by Crippen LogP contribution is -2.47. The quantitative estimate of drug-likeness (QED) is 0.290. The number of hydrogen-bond acceptors (Lipinski definition) is 5. The lowest BCUT2D eigenvalue weighted by atomic mass is 9.81. The molecule has 0 aromatic carbocycles. The number of aliphatic carboxylic acids is 1. The number of rotatable bonds is 6. The fraction of sp³-hybridized carbons (Fsp3) is 0.889. The SMILES string of the molecule is O=C(O)C1(CCCCB(O)O)C[C@@H](O)CN1. The molecule has 16 heavy (non-hydrogen) atoms. The molecule has 2 atom stereocenters. The Hall–Kier alpha value is -0.625. The van der Waals surface area contributed by atoms with Crippen LogP contribution in [0.5, 0.6) is 0 Å². The van der Waals surface area contributed by atoms with E-state index in [9.17, 15) is 9.90 Å². The standard InChI is InChI=1S/C9H18BNO5/c12-7-5-9(8(13)14,11-6-7)3-1-2-4-10(15)16/h7,11-12,15-16H,1-6H2,(H,13,14)/t7-,9?/m1/s1. The van der Waals surface area contributed by atoms with Gasteiger partial charge in [-0.05, 0) is 12.7 Å². The second-order valence-electron chi connectivity index (χ2n) is 4.35. The van der Waals surface area contributed by atoms with Gasteiger partial charge in [0.1, 0.15) is 5.54 Å². The van der Waals surface area contributed by atoms with Crippen LogP contribution in [0.3, 0.4) is 0 Å². The highest BCUT2D eigenvalue weighted by molar-refractivity contribution is 6.40. The average Bonchev–Trinajstić information content (AvgIpc) is 2.56. The number of carbonyl (C=O) groups is 1. The molecular formula is C9H18BNO5. The molecule has 1 rings (SSSR count). The number of carboxylic acids is 1. The van der Waals surface area contributed by atoms with Crippen LogP contribution in [0.4, 0.5) is 0 Å². The van der Waals surface area contributed by atoms with Gasteiger partial charge in [-0.2, -0.15) is 0 Å². The molecule has 0 aromatic heterocycles. The van der Waals surface area contributed by atoms with Crippen molar-refractivity contribution < 1.29 is 25.1 Å². The van der Waals surface area contributed by atoms with Crippen LogP contribution in [0.1, 0.15) is 25.7 Å². The van der Waals surface area contributed by atoms with Crippen molar-refractivity contribution in [3.05, 3.63) is 0 Å². The fourth-order valence-electron chi connectivity index (χ4n) is 2.07. The minimum absolute atomic E-state index is 0.212. The van der Waals surface area contributed by atoms with Crippen LogP contribution >= 0.6 is 0 Å². The van der Waals surface area contributed by atoms with E-state index >= 15 is 0 Å². The maximum Gasteiger partial charge on any atom is 0.451 e. The van der Waals surface area contributed by atoms with Crippen LogP contribution in [-0.4, -0.2) is 51.5 Å². The second kappa shape index (κ2) is 5.63. The Balaban J connectivity index is 2.38. The van der Waals surface area contributed by atoms with Crippen molar-refractivity contribution in [1.29, 1.82) is 0 Å². The Bertz CT molecular complexity index is 250. The number of unbranched alkanes of at least 4 members (excludes halogenated alkanes) is 1. The van der Waals surface area contributed by atoms with Crippen molar-refractivity contribution in [1.82, 2.24) is 5.32 Å². The minimum Gasteiger partial charge on any atom is -0.480 e. The molecule has 7 heteroatoms. The molecule has 0 radical (unpaired) electrons. The van der Waals surface area contributed by atoms with E-state index in [0.29, 0.717) is 25.8 Å². The van der Waals surface area contributed by atoms with Gasteiger partial charge in [0.05, 0.1) is 6.10 Å². The zero-order valence-corrected chi connectivity index (χ0v) is 9.09. The molecule has 0 spiro atoms. The molecule has 0 amide bonds. The van der Waals surface area contributed by atoms with Crippen molar-refractivity contribution in [3.63, 3.8) is 0 Å². The van der Waals surface area contributed by atoms with Crippen LogP contribution in [0, 0.1) is 0 Å². The molecule has 1 fully saturated rings. The molecule has 0 bridgehead atoms. The highest BCUT2D eigenvalue weighted by atomic mass is 16.4. The molecule has 92 valence electrons. The number of carboxylic acid groups (broad SMARTS) is 1. The zero-order valence-electron chi connectivity index (χ0n) is 9.09. The summed E-state index contributed by atoms with van der Waals surface area (Å²) >= 11 is 0. The first-order chi connectivity index (χ1) is 7.46. The summed E-state index contributed by atoms with van der Waals surface area (Å²) in [7, 11) is -1.33. The second-order valence-corrected chi connectivity index (χ2v) is 4.35. The van der Waals surface area contributed by atoms with Gasteiger partial charge in [0, 0.05) is 13.0 Å². The smallest absolute Gasteiger partial charge is 0.451 e. The van der Waals surface area contributed by atoms with Crippen LogP contribution in [-0.2, 0) is 4.79 Å². The molecular weight excluding hydrogens is 213 g/mol. The molecule has 1 unspecified atom stereocenters. The van der Waals surface area contributed by atoms with E-state index in [1.54, 1.807) is 0 Å². The minimum atomic E-state index is -1.33. The topological polar surface area (TPSA) is 110 Å². The third-order valence-corrected chi connectivity index (χ3v) is 2.99. The first-order valence-corrected chi connectivity index (χ1v) is 5.49. The maximum absolute atomic E-state index is 11.1. The Morgan fingerprint density at radius 3 is 2.56 bits per heavy atom. The van der Waals surface area contributed by atoms with Crippen molar-refractivity contribution >= 4 is 13.1 Å². The van der Waals surface area contributed by atoms with Crippen molar-refractivity contribution in [2.75, 3.05) is 6.54 Å². The highest BCUT2D eigenvalue weighted by Gasteiger charge is 2.44. The number of β-amino-alcohol motifs (C(OH)–C–C–N with tert-alkyl or cyclic N) is 1. The van der Waals surface area contributed by atoms with Gasteiger partial charge in [-0.1, -0.05) is 12.8 Å². The fourth-order valence-corrected chi connectivity index (χ4v) is 2.07. The first kappa shape index (κ1) is 13.4. The van der Waals surface area contributed by atoms with E-state index in [4.69, 9.17) is 15.2 Å². The highest BCUT2D eigenvalue weighted by Crippen LogP contribution is 2.26. The van der Waals surface area contributed by atoms with Gasteiger partial charge < -0.3 is 20.3 Å². The van der Waals surface area contributed by atoms with Crippen LogP contribution in [0.25, 0.3) is 0 Å². The molecule has 1 heterocycles. The summed E-state index contributed by atoms with van der Waals surface area (Å²) in [5.41, 5.74) is -1.04. The van der Waals surface area contributed by atoms with Gasteiger partial charge in [-0.25, -0.2) is 0 Å². The average molecular weight is 231 g/mol. The third-order valence-electron chi connectivity index (χ3n) is 2.99. The Labute approximate surface area is 94.4 Å². The van der Waals surface area contributed by atoms with Gasteiger partial charge >= 0.3 is 13.1 Å². The number of aliphatic hydroxyl groups is 1. The predicted molar refractivity (Wildman–Crippen MR) is 57.8 cm³/mol. The summed E-state index contributed by atoms with van der Waals surface area (Å²) in [5, 5.41) is 38.6. The third kappa shape index (κ3) is 3.45. The molecule has 1 saturated heterocycles. The van der Waals surface area contributed by atoms with E-state index in [0.717, 1.165) is 0 Å². The lowest BCUT2D eigenvalue weighted by molar-refractivity contribution is -0.144. The predicted octanol–water partition coefficient (Wildman–Crippen LogP) is -1.19. The van der Waals surface area contributed by atoms with E-state index < -0.39 is 24.7 Å². The Morgan fingerprint density at radius 2 is 2.12 bits per heavy atom. The monoisotopic (exact) mass is 231 g/mol. The van der Waals surface area contributed by atoms with Crippen molar-refractivity contribution in [2.45, 2.75) is 43.6 Å². The summed E-state index contributed by atoms with van der Waals surface area (Å²) in [4.78, 5) is 11.1. The normalized spacial score (nSPS) is 29.3. The Kier molecular flexibility index (Phi) is 4.73. The molecule has 1 aliphatic heterocycles. The van der Waals surface area contributed by atoms with Crippen molar-refractivity contribution in [2.24, 2.45) is 0 Å². The molecule has 1 aliphatic rings. The van der Waals surface area contributed by atoms with E-state index in [2.05, 4.69) is 5.32 Å². The largest absolute Gasteiger partial charge is 0.480 e. The van der Waals surface area contributed by atoms with Crippen LogP contribution in [0.15, 0.2) is 0 Å². The molecule has 6 nitrogen and oxygen atoms in total. The van der Waals surface area contributed by atoms with E-state index in [-0.39, 0.29) is 12.7 Å². The van der Waals surface area contributed by atoms with Gasteiger partial charge in [0.2, 0.25) is 0 Å². The summed E-state index contributed by atoms with van der Waals surface area (Å²) in [5.74, 6) is -0.950. The van der Waals surface area contributed by atoms with Crippen LogP contribution < -0.4 is 5.32 Å². The molecule has 0 aromatic rings. The zero-order chi connectivity index (χ0) is 12.2. The maximum atomic E-state index is 11.1. The Morgan fingerprint density at radius 1 is 1.44 bits per heavy atom.